The molecule has 6 nitrogen and oxygen atoms in total. The molecule has 1 aromatic heterocycles. The van der Waals surface area contributed by atoms with Crippen molar-refractivity contribution in [3.63, 3.8) is 0 Å². The Bertz CT molecular complexity index is 1300. The van der Waals surface area contributed by atoms with Crippen LogP contribution in [0.3, 0.4) is 0 Å². The Balaban J connectivity index is 1.48. The van der Waals surface area contributed by atoms with Crippen LogP contribution in [0.1, 0.15) is 48.9 Å². The fraction of sp³-hybridized carbons (Fsp3) is 0.444. The number of anilines is 1. The third-order valence-corrected chi connectivity index (χ3v) is 8.04. The van der Waals surface area contributed by atoms with Crippen molar-refractivity contribution in [3.8, 4) is 0 Å². The average molecular weight is 482 g/mol. The summed E-state index contributed by atoms with van der Waals surface area (Å²) < 4.78 is 25.8. The molecule has 1 aliphatic heterocycles. The number of aryl methyl sites for hydroxylation is 3. The summed E-state index contributed by atoms with van der Waals surface area (Å²) in [7, 11) is -3.29. The first-order valence-electron chi connectivity index (χ1n) is 12.1. The molecule has 7 heteroatoms. The highest BCUT2D eigenvalue weighted by Crippen LogP contribution is 2.28. The van der Waals surface area contributed by atoms with Gasteiger partial charge in [0.1, 0.15) is 6.04 Å². The van der Waals surface area contributed by atoms with Crippen molar-refractivity contribution >= 4 is 32.3 Å². The predicted octanol–water partition coefficient (Wildman–Crippen LogP) is 4.89. The molecule has 1 aliphatic rings. The van der Waals surface area contributed by atoms with Crippen molar-refractivity contribution in [2.45, 2.75) is 57.4 Å². The van der Waals surface area contributed by atoms with E-state index >= 15 is 0 Å². The summed E-state index contributed by atoms with van der Waals surface area (Å²) in [6.45, 7) is 9.38. The predicted molar refractivity (Wildman–Crippen MR) is 138 cm³/mol. The highest BCUT2D eigenvalue weighted by atomic mass is 32.2. The minimum atomic E-state index is -3.29. The zero-order valence-electron chi connectivity index (χ0n) is 20.6. The van der Waals surface area contributed by atoms with Crippen molar-refractivity contribution in [3.05, 3.63) is 59.3 Å². The summed E-state index contributed by atoms with van der Waals surface area (Å²) in [5, 5.41) is 3.97. The Hall–Kier alpha value is -2.64. The first kappa shape index (κ1) is 24.5. The Labute approximate surface area is 202 Å². The van der Waals surface area contributed by atoms with Gasteiger partial charge >= 0.3 is 0 Å². The molecular formula is C27H35N3O3S. The summed E-state index contributed by atoms with van der Waals surface area (Å²) in [6.07, 6.45) is 7.88. The highest BCUT2D eigenvalue weighted by molar-refractivity contribution is 7.90. The molecule has 1 amide bonds. The molecule has 4 rings (SSSR count). The number of carbonyl (C=O) groups excluding carboxylic acids is 1. The van der Waals surface area contributed by atoms with Gasteiger partial charge in [0, 0.05) is 29.0 Å². The number of nitrogens with zero attached hydrogens (tertiary/aromatic N) is 2. The van der Waals surface area contributed by atoms with Crippen molar-refractivity contribution in [2.24, 2.45) is 0 Å². The third kappa shape index (κ3) is 5.36. The first-order valence-corrected chi connectivity index (χ1v) is 14.0. The van der Waals surface area contributed by atoms with Crippen LogP contribution in [0.25, 0.3) is 10.9 Å². The second-order valence-electron chi connectivity index (χ2n) is 9.64. The summed E-state index contributed by atoms with van der Waals surface area (Å²) >= 11 is 0. The van der Waals surface area contributed by atoms with E-state index in [1.807, 2.05) is 31.5 Å². The fourth-order valence-electron chi connectivity index (χ4n) is 4.79. The molecule has 2 heterocycles. The molecule has 0 bridgehead atoms. The molecule has 1 atom stereocenters. The molecule has 182 valence electrons. The molecule has 1 unspecified atom stereocenters. The normalized spacial score (nSPS) is 15.6. The smallest absolute Gasteiger partial charge is 0.247 e. The number of sulfone groups is 1. The SMILES string of the molecule is Cc1ccc(CCCN2CCCC2)cc1NC(=O)C(C)n1cc(C)c2cc(S(C)(=O)=O)ccc21. The first-order chi connectivity index (χ1) is 16.1. The second-order valence-corrected chi connectivity index (χ2v) is 11.7. The van der Waals surface area contributed by atoms with E-state index < -0.39 is 15.9 Å². The van der Waals surface area contributed by atoms with Crippen LogP contribution in [-0.2, 0) is 21.1 Å². The van der Waals surface area contributed by atoms with Gasteiger partial charge in [-0.2, -0.15) is 0 Å². The van der Waals surface area contributed by atoms with Gasteiger partial charge in [0.2, 0.25) is 5.91 Å². The van der Waals surface area contributed by atoms with E-state index in [2.05, 4.69) is 28.4 Å². The quantitative estimate of drug-likeness (QED) is 0.497. The Morgan fingerprint density at radius 2 is 1.79 bits per heavy atom. The van der Waals surface area contributed by atoms with Crippen molar-refractivity contribution in [1.29, 1.82) is 0 Å². The van der Waals surface area contributed by atoms with Crippen molar-refractivity contribution in [2.75, 3.05) is 31.2 Å². The van der Waals surface area contributed by atoms with Gasteiger partial charge in [0.15, 0.2) is 9.84 Å². The number of amides is 1. The van der Waals surface area contributed by atoms with Crippen molar-refractivity contribution in [1.82, 2.24) is 9.47 Å². The highest BCUT2D eigenvalue weighted by Gasteiger charge is 2.20. The molecule has 0 aliphatic carbocycles. The summed E-state index contributed by atoms with van der Waals surface area (Å²) in [5.74, 6) is -0.0959. The van der Waals surface area contributed by atoms with E-state index in [-0.39, 0.29) is 10.8 Å². The summed E-state index contributed by atoms with van der Waals surface area (Å²) in [5.41, 5.74) is 4.91. The molecule has 2 aromatic carbocycles. The van der Waals surface area contributed by atoms with Crippen LogP contribution in [0.2, 0.25) is 0 Å². The van der Waals surface area contributed by atoms with Gasteiger partial charge in [-0.05, 0) is 107 Å². The number of aromatic nitrogens is 1. The number of likely N-dealkylation sites (tertiary alicyclic amines) is 1. The molecule has 1 N–H and O–H groups in total. The maximum absolute atomic E-state index is 13.2. The van der Waals surface area contributed by atoms with Crippen LogP contribution in [0, 0.1) is 13.8 Å². The second kappa shape index (κ2) is 9.92. The number of benzene rings is 2. The monoisotopic (exact) mass is 481 g/mol. The third-order valence-electron chi connectivity index (χ3n) is 6.93. The molecule has 1 saturated heterocycles. The lowest BCUT2D eigenvalue weighted by atomic mass is 10.1. The van der Waals surface area contributed by atoms with Crippen molar-refractivity contribution < 1.29 is 13.2 Å². The Kier molecular flexibility index (Phi) is 7.14. The Morgan fingerprint density at radius 3 is 2.50 bits per heavy atom. The van der Waals surface area contributed by atoms with Gasteiger partial charge in [-0.15, -0.1) is 0 Å². The number of hydrogen-bond donors (Lipinski definition) is 1. The van der Waals surface area contributed by atoms with E-state index in [4.69, 9.17) is 0 Å². The van der Waals surface area contributed by atoms with Gasteiger partial charge in [-0.3, -0.25) is 4.79 Å². The maximum atomic E-state index is 13.2. The lowest BCUT2D eigenvalue weighted by Gasteiger charge is -2.18. The van der Waals surface area contributed by atoms with E-state index in [0.29, 0.717) is 0 Å². The van der Waals surface area contributed by atoms with Gasteiger partial charge in [0.05, 0.1) is 4.90 Å². The lowest BCUT2D eigenvalue weighted by Crippen LogP contribution is -2.23. The van der Waals surface area contributed by atoms with Crippen LogP contribution >= 0.6 is 0 Å². The minimum Gasteiger partial charge on any atom is -0.335 e. The lowest BCUT2D eigenvalue weighted by molar-refractivity contribution is -0.118. The van der Waals surface area contributed by atoms with Crippen LogP contribution in [0.15, 0.2) is 47.5 Å². The number of carbonyl (C=O) groups is 1. The summed E-state index contributed by atoms with van der Waals surface area (Å²) in [6, 6.07) is 11.0. The Morgan fingerprint density at radius 1 is 1.06 bits per heavy atom. The van der Waals surface area contributed by atoms with E-state index in [1.165, 1.54) is 37.8 Å². The largest absolute Gasteiger partial charge is 0.335 e. The van der Waals surface area contributed by atoms with Gasteiger partial charge in [-0.25, -0.2) is 8.42 Å². The minimum absolute atomic E-state index is 0.0959. The molecule has 0 saturated carbocycles. The van der Waals surface area contributed by atoms with E-state index in [1.54, 1.807) is 18.2 Å². The van der Waals surface area contributed by atoms with Gasteiger partial charge in [-0.1, -0.05) is 12.1 Å². The summed E-state index contributed by atoms with van der Waals surface area (Å²) in [4.78, 5) is 16.0. The molecule has 34 heavy (non-hydrogen) atoms. The van der Waals surface area contributed by atoms with Crippen LogP contribution in [0.5, 0.6) is 0 Å². The molecule has 1 fully saturated rings. The van der Waals surface area contributed by atoms with Crippen LogP contribution < -0.4 is 5.32 Å². The van der Waals surface area contributed by atoms with Crippen LogP contribution in [-0.4, -0.2) is 49.7 Å². The molecule has 3 aromatic rings. The standard InChI is InChI=1S/C27H35N3O3S/c1-19-9-10-22(8-7-15-29-13-5-6-14-29)16-25(19)28-27(31)21(3)30-18-20(2)24-17-23(34(4,32)33)11-12-26(24)30/h9-12,16-18,21H,5-8,13-15H2,1-4H3,(H,28,31). The zero-order valence-corrected chi connectivity index (χ0v) is 21.4. The average Bonchev–Trinajstić information content (AvgIpc) is 3.42. The molecule has 0 spiro atoms. The number of hydrogen-bond acceptors (Lipinski definition) is 4. The van der Waals surface area contributed by atoms with E-state index in [9.17, 15) is 13.2 Å². The molecular weight excluding hydrogens is 446 g/mol. The van der Waals surface area contributed by atoms with E-state index in [0.717, 1.165) is 47.1 Å². The van der Waals surface area contributed by atoms with Gasteiger partial charge < -0.3 is 14.8 Å². The number of nitrogens with one attached hydrogen (secondary N) is 1. The van der Waals surface area contributed by atoms with Gasteiger partial charge in [0.25, 0.3) is 0 Å². The number of rotatable bonds is 8. The maximum Gasteiger partial charge on any atom is 0.247 e. The zero-order chi connectivity index (χ0) is 24.5. The fourth-order valence-corrected chi connectivity index (χ4v) is 5.44. The number of fused-ring (bicyclic) bond motifs is 1. The van der Waals surface area contributed by atoms with Crippen LogP contribution in [0.4, 0.5) is 5.69 Å². The topological polar surface area (TPSA) is 71.4 Å². The molecule has 0 radical (unpaired) electrons.